The monoisotopic (exact) mass is 327 g/mol. The van der Waals surface area contributed by atoms with Gasteiger partial charge in [-0.2, -0.15) is 13.2 Å². The number of rotatable bonds is 3. The molecule has 2 rings (SSSR count). The van der Waals surface area contributed by atoms with Gasteiger partial charge in [-0.1, -0.05) is 0 Å². The molecule has 0 aliphatic carbocycles. The van der Waals surface area contributed by atoms with Crippen LogP contribution in [0.2, 0.25) is 0 Å². The Balaban J connectivity index is 1.96. The Hall–Kier alpha value is -2.38. The van der Waals surface area contributed by atoms with Crippen molar-refractivity contribution in [3.05, 3.63) is 36.0 Å². The maximum Gasteiger partial charge on any atom is 0.409 e. The average molecular weight is 327 g/mol. The molecule has 1 aliphatic heterocycles. The highest BCUT2D eigenvalue weighted by Crippen LogP contribution is 2.18. The van der Waals surface area contributed by atoms with Crippen LogP contribution in [-0.4, -0.2) is 53.9 Å². The molecule has 0 saturated carbocycles. The van der Waals surface area contributed by atoms with E-state index in [9.17, 15) is 22.8 Å². The number of amides is 1. The molecule has 0 unspecified atom stereocenters. The van der Waals surface area contributed by atoms with Gasteiger partial charge in [-0.25, -0.2) is 4.98 Å². The van der Waals surface area contributed by atoms with Gasteiger partial charge in [0.25, 0.3) is 0 Å². The van der Waals surface area contributed by atoms with E-state index in [1.165, 1.54) is 18.0 Å². The van der Waals surface area contributed by atoms with Crippen molar-refractivity contribution >= 4 is 17.5 Å². The van der Waals surface area contributed by atoms with E-state index in [1.54, 1.807) is 12.1 Å². The number of allylic oxidation sites excluding steroid dienone is 1. The van der Waals surface area contributed by atoms with E-state index < -0.39 is 12.1 Å². The number of anilines is 1. The molecule has 1 fully saturated rings. The highest BCUT2D eigenvalue weighted by atomic mass is 19.4. The molecule has 0 atom stereocenters. The van der Waals surface area contributed by atoms with Crippen LogP contribution in [0.5, 0.6) is 0 Å². The van der Waals surface area contributed by atoms with E-state index in [-0.39, 0.29) is 11.9 Å². The Morgan fingerprint density at radius 1 is 1.22 bits per heavy atom. The SMILES string of the molecule is CC(=O)c1ccnc(N2CCN(C(=O)/C=C/C(F)(F)F)CC2)c1. The minimum Gasteiger partial charge on any atom is -0.353 e. The number of nitrogens with zero attached hydrogens (tertiary/aromatic N) is 3. The van der Waals surface area contributed by atoms with Crippen molar-refractivity contribution in [3.8, 4) is 0 Å². The topological polar surface area (TPSA) is 53.5 Å². The van der Waals surface area contributed by atoms with E-state index >= 15 is 0 Å². The molecule has 0 aromatic carbocycles. The Bertz CT molecular complexity index is 621. The maximum atomic E-state index is 12.1. The summed E-state index contributed by atoms with van der Waals surface area (Å²) >= 11 is 0. The number of aromatic nitrogens is 1. The Labute approximate surface area is 131 Å². The zero-order valence-electron chi connectivity index (χ0n) is 12.5. The molecule has 0 spiro atoms. The zero-order chi connectivity index (χ0) is 17.0. The molecule has 8 heteroatoms. The van der Waals surface area contributed by atoms with Crippen molar-refractivity contribution in [2.24, 2.45) is 0 Å². The van der Waals surface area contributed by atoms with Crippen LogP contribution in [0, 0.1) is 0 Å². The molecule has 1 aromatic heterocycles. The normalized spacial score (nSPS) is 16.0. The van der Waals surface area contributed by atoms with Crippen LogP contribution >= 0.6 is 0 Å². The van der Waals surface area contributed by atoms with Gasteiger partial charge in [-0.05, 0) is 19.1 Å². The maximum absolute atomic E-state index is 12.1. The van der Waals surface area contributed by atoms with E-state index in [4.69, 9.17) is 0 Å². The molecular weight excluding hydrogens is 311 g/mol. The quantitative estimate of drug-likeness (QED) is 0.630. The van der Waals surface area contributed by atoms with Gasteiger partial charge in [0.05, 0.1) is 0 Å². The van der Waals surface area contributed by atoms with Gasteiger partial charge in [-0.15, -0.1) is 0 Å². The van der Waals surface area contributed by atoms with E-state index in [1.807, 2.05) is 4.90 Å². The second kappa shape index (κ2) is 6.80. The summed E-state index contributed by atoms with van der Waals surface area (Å²) in [6, 6.07) is 3.29. The first-order chi connectivity index (χ1) is 10.8. The van der Waals surface area contributed by atoms with E-state index in [2.05, 4.69) is 4.98 Å². The van der Waals surface area contributed by atoms with Gasteiger partial charge in [0.2, 0.25) is 5.91 Å². The summed E-state index contributed by atoms with van der Waals surface area (Å²) in [5.74, 6) is -0.109. The summed E-state index contributed by atoms with van der Waals surface area (Å²) in [5, 5.41) is 0. The number of piperazine rings is 1. The fourth-order valence-electron chi connectivity index (χ4n) is 2.24. The van der Waals surface area contributed by atoms with Gasteiger partial charge in [-0.3, -0.25) is 9.59 Å². The lowest BCUT2D eigenvalue weighted by atomic mass is 10.2. The van der Waals surface area contributed by atoms with Crippen LogP contribution in [0.3, 0.4) is 0 Å². The fourth-order valence-corrected chi connectivity index (χ4v) is 2.24. The third-order valence-electron chi connectivity index (χ3n) is 3.48. The molecule has 2 heterocycles. The fraction of sp³-hybridized carbons (Fsp3) is 0.400. The first kappa shape index (κ1) is 17.0. The number of ketones is 1. The summed E-state index contributed by atoms with van der Waals surface area (Å²) in [6.07, 6.45) is -2.46. The number of hydrogen-bond acceptors (Lipinski definition) is 4. The first-order valence-corrected chi connectivity index (χ1v) is 7.03. The van der Waals surface area contributed by atoms with Crippen LogP contribution in [0.4, 0.5) is 19.0 Å². The second-order valence-electron chi connectivity index (χ2n) is 5.15. The van der Waals surface area contributed by atoms with Crippen molar-refractivity contribution in [1.29, 1.82) is 0 Å². The summed E-state index contributed by atoms with van der Waals surface area (Å²) in [7, 11) is 0. The van der Waals surface area contributed by atoms with Crippen molar-refractivity contribution in [2.75, 3.05) is 31.1 Å². The number of Topliss-reactive ketones (excluding diaryl/α,β-unsaturated/α-hetero) is 1. The van der Waals surface area contributed by atoms with Gasteiger partial charge in [0, 0.05) is 50.1 Å². The Kier molecular flexibility index (Phi) is 5.02. The van der Waals surface area contributed by atoms with Crippen molar-refractivity contribution in [2.45, 2.75) is 13.1 Å². The highest BCUT2D eigenvalue weighted by Gasteiger charge is 2.25. The standard InChI is InChI=1S/C15H16F3N3O2/c1-11(22)12-3-5-19-13(10-12)20-6-8-21(9-7-20)14(23)2-4-15(16,17)18/h2-5,10H,6-9H2,1H3/b4-2+. The number of hydrogen-bond donors (Lipinski definition) is 0. The predicted octanol–water partition coefficient (Wildman–Crippen LogP) is 2.05. The summed E-state index contributed by atoms with van der Waals surface area (Å²) in [4.78, 5) is 30.5. The molecule has 0 radical (unpaired) electrons. The van der Waals surface area contributed by atoms with E-state index in [0.717, 1.165) is 0 Å². The lowest BCUT2D eigenvalue weighted by Crippen LogP contribution is -2.48. The van der Waals surface area contributed by atoms with Crippen molar-refractivity contribution < 1.29 is 22.8 Å². The highest BCUT2D eigenvalue weighted by molar-refractivity contribution is 5.94. The van der Waals surface area contributed by atoms with Crippen LogP contribution in [0.1, 0.15) is 17.3 Å². The molecule has 23 heavy (non-hydrogen) atoms. The smallest absolute Gasteiger partial charge is 0.353 e. The summed E-state index contributed by atoms with van der Waals surface area (Å²) < 4.78 is 36.2. The Morgan fingerprint density at radius 2 is 1.87 bits per heavy atom. The van der Waals surface area contributed by atoms with Crippen LogP contribution in [-0.2, 0) is 4.79 Å². The molecule has 1 amide bonds. The largest absolute Gasteiger partial charge is 0.409 e. The number of halogens is 3. The van der Waals surface area contributed by atoms with Crippen molar-refractivity contribution in [3.63, 3.8) is 0 Å². The van der Waals surface area contributed by atoms with Gasteiger partial charge in [0.1, 0.15) is 5.82 Å². The number of alkyl halides is 3. The van der Waals surface area contributed by atoms with Crippen molar-refractivity contribution in [1.82, 2.24) is 9.88 Å². The van der Waals surface area contributed by atoms with Gasteiger partial charge in [0.15, 0.2) is 5.78 Å². The molecule has 1 aliphatic rings. The first-order valence-electron chi connectivity index (χ1n) is 7.03. The third kappa shape index (κ3) is 4.80. The lowest BCUT2D eigenvalue weighted by Gasteiger charge is -2.35. The molecule has 1 saturated heterocycles. The minimum atomic E-state index is -4.49. The number of carbonyl (C=O) groups excluding carboxylic acids is 2. The molecule has 0 N–H and O–H groups in total. The van der Waals surface area contributed by atoms with Gasteiger partial charge < -0.3 is 9.80 Å². The van der Waals surface area contributed by atoms with E-state index in [0.29, 0.717) is 43.6 Å². The number of pyridine rings is 1. The number of carbonyl (C=O) groups is 2. The molecular formula is C15H16F3N3O2. The molecule has 0 bridgehead atoms. The zero-order valence-corrected chi connectivity index (χ0v) is 12.5. The molecule has 1 aromatic rings. The van der Waals surface area contributed by atoms with Crippen LogP contribution in [0.15, 0.2) is 30.5 Å². The van der Waals surface area contributed by atoms with Gasteiger partial charge >= 0.3 is 6.18 Å². The van der Waals surface area contributed by atoms with Crippen LogP contribution in [0.25, 0.3) is 0 Å². The minimum absolute atomic E-state index is 0.0560. The van der Waals surface area contributed by atoms with Crippen LogP contribution < -0.4 is 4.90 Å². The Morgan fingerprint density at radius 3 is 2.43 bits per heavy atom. The average Bonchev–Trinajstić information content (AvgIpc) is 2.52. The predicted molar refractivity (Wildman–Crippen MR) is 78.2 cm³/mol. The molecule has 5 nitrogen and oxygen atoms in total. The lowest BCUT2D eigenvalue weighted by molar-refractivity contribution is -0.127. The summed E-state index contributed by atoms with van der Waals surface area (Å²) in [6.45, 7) is 2.95. The second-order valence-corrected chi connectivity index (χ2v) is 5.15. The third-order valence-corrected chi connectivity index (χ3v) is 3.48. The summed E-state index contributed by atoms with van der Waals surface area (Å²) in [5.41, 5.74) is 0.543. The molecule has 124 valence electrons.